The van der Waals surface area contributed by atoms with Crippen molar-refractivity contribution in [2.24, 2.45) is 5.92 Å². The van der Waals surface area contributed by atoms with Crippen LogP contribution in [0.25, 0.3) is 0 Å². The SMILES string of the molecule is Cc1ccc(S(=O)(=O)N2CCC[C@@H]2C(=O)N[C@@H](C)CCCC(C)C)cc1. The number of benzene rings is 1. The Labute approximate surface area is 158 Å². The second-order valence-electron chi connectivity index (χ2n) is 7.82. The van der Waals surface area contributed by atoms with E-state index in [-0.39, 0.29) is 16.8 Å². The van der Waals surface area contributed by atoms with Gasteiger partial charge in [-0.15, -0.1) is 0 Å². The van der Waals surface area contributed by atoms with E-state index in [9.17, 15) is 13.2 Å². The summed E-state index contributed by atoms with van der Waals surface area (Å²) in [6.07, 6.45) is 4.41. The Morgan fingerprint density at radius 1 is 1.19 bits per heavy atom. The molecule has 1 fully saturated rings. The van der Waals surface area contributed by atoms with Crippen LogP contribution in [0.15, 0.2) is 29.2 Å². The van der Waals surface area contributed by atoms with Gasteiger partial charge < -0.3 is 5.32 Å². The molecule has 0 spiro atoms. The number of carbonyl (C=O) groups is 1. The average Bonchev–Trinajstić information content (AvgIpc) is 3.05. The van der Waals surface area contributed by atoms with E-state index in [1.54, 1.807) is 24.3 Å². The fraction of sp³-hybridized carbons (Fsp3) is 0.650. The van der Waals surface area contributed by atoms with Gasteiger partial charge in [0.15, 0.2) is 0 Å². The summed E-state index contributed by atoms with van der Waals surface area (Å²) in [7, 11) is -3.64. The largest absolute Gasteiger partial charge is 0.352 e. The fourth-order valence-electron chi connectivity index (χ4n) is 3.38. The van der Waals surface area contributed by atoms with E-state index in [0.29, 0.717) is 25.3 Å². The lowest BCUT2D eigenvalue weighted by atomic mass is 10.0. The third kappa shape index (κ3) is 5.30. The van der Waals surface area contributed by atoms with Gasteiger partial charge in [-0.05, 0) is 51.2 Å². The topological polar surface area (TPSA) is 66.5 Å². The quantitative estimate of drug-likeness (QED) is 0.751. The van der Waals surface area contributed by atoms with Gasteiger partial charge in [0.1, 0.15) is 6.04 Å². The first-order valence-corrected chi connectivity index (χ1v) is 11.0. The van der Waals surface area contributed by atoms with E-state index in [1.165, 1.54) is 4.31 Å². The fourth-order valence-corrected chi connectivity index (χ4v) is 5.04. The van der Waals surface area contributed by atoms with Gasteiger partial charge in [0.25, 0.3) is 0 Å². The number of rotatable bonds is 8. The average molecular weight is 381 g/mol. The van der Waals surface area contributed by atoms with Crippen molar-refractivity contribution < 1.29 is 13.2 Å². The summed E-state index contributed by atoms with van der Waals surface area (Å²) in [5.74, 6) is 0.484. The van der Waals surface area contributed by atoms with E-state index in [1.807, 2.05) is 13.8 Å². The maximum Gasteiger partial charge on any atom is 0.243 e. The zero-order valence-electron chi connectivity index (χ0n) is 16.4. The Morgan fingerprint density at radius 2 is 1.85 bits per heavy atom. The third-order valence-corrected chi connectivity index (χ3v) is 6.86. The van der Waals surface area contributed by atoms with Crippen molar-refractivity contribution in [1.82, 2.24) is 9.62 Å². The molecule has 26 heavy (non-hydrogen) atoms. The van der Waals surface area contributed by atoms with Crippen LogP contribution in [0.5, 0.6) is 0 Å². The molecule has 146 valence electrons. The highest BCUT2D eigenvalue weighted by Crippen LogP contribution is 2.26. The molecule has 1 aromatic carbocycles. The minimum Gasteiger partial charge on any atom is -0.352 e. The van der Waals surface area contributed by atoms with Crippen LogP contribution in [0.2, 0.25) is 0 Å². The molecule has 0 unspecified atom stereocenters. The summed E-state index contributed by atoms with van der Waals surface area (Å²) in [6, 6.07) is 6.27. The van der Waals surface area contributed by atoms with Crippen molar-refractivity contribution in [3.8, 4) is 0 Å². The van der Waals surface area contributed by atoms with Crippen LogP contribution in [0.1, 0.15) is 58.4 Å². The zero-order valence-corrected chi connectivity index (χ0v) is 17.2. The van der Waals surface area contributed by atoms with Gasteiger partial charge in [-0.3, -0.25) is 4.79 Å². The molecule has 0 aliphatic carbocycles. The van der Waals surface area contributed by atoms with Gasteiger partial charge in [0, 0.05) is 12.6 Å². The van der Waals surface area contributed by atoms with Gasteiger partial charge in [-0.1, -0.05) is 44.4 Å². The Balaban J connectivity index is 2.02. The van der Waals surface area contributed by atoms with Crippen LogP contribution in [0.4, 0.5) is 0 Å². The Kier molecular flexibility index (Phi) is 7.24. The molecule has 1 aliphatic heterocycles. The maximum absolute atomic E-state index is 12.9. The second kappa shape index (κ2) is 9.00. The number of hydrogen-bond acceptors (Lipinski definition) is 3. The molecule has 2 atom stereocenters. The Hall–Kier alpha value is -1.40. The molecule has 1 aromatic rings. The third-order valence-electron chi connectivity index (χ3n) is 4.94. The molecule has 0 bridgehead atoms. The number of amides is 1. The molecular formula is C20H32N2O3S. The Bertz CT molecular complexity index is 698. The van der Waals surface area contributed by atoms with E-state index in [0.717, 1.165) is 24.8 Å². The standard InChI is InChI=1S/C20H32N2O3S/c1-15(2)7-5-8-17(4)21-20(23)19-9-6-14-22(19)26(24,25)18-12-10-16(3)11-13-18/h10-13,15,17,19H,5-9,14H2,1-4H3,(H,21,23)/t17-,19+/m0/s1. The molecule has 5 nitrogen and oxygen atoms in total. The van der Waals surface area contributed by atoms with Gasteiger partial charge in [0.05, 0.1) is 4.90 Å². The first kappa shape index (κ1) is 20.9. The van der Waals surface area contributed by atoms with Crippen LogP contribution < -0.4 is 5.32 Å². The summed E-state index contributed by atoms with van der Waals surface area (Å²) in [4.78, 5) is 12.9. The van der Waals surface area contributed by atoms with Crippen LogP contribution in [-0.4, -0.2) is 37.3 Å². The van der Waals surface area contributed by atoms with Crippen molar-refractivity contribution >= 4 is 15.9 Å². The Morgan fingerprint density at radius 3 is 2.46 bits per heavy atom. The normalized spacial score (nSPS) is 19.7. The van der Waals surface area contributed by atoms with Crippen molar-refractivity contribution in [3.63, 3.8) is 0 Å². The predicted octanol–water partition coefficient (Wildman–Crippen LogP) is 3.48. The monoisotopic (exact) mass is 380 g/mol. The molecule has 6 heteroatoms. The molecule has 0 aromatic heterocycles. The maximum atomic E-state index is 12.9. The van der Waals surface area contributed by atoms with Gasteiger partial charge in [0.2, 0.25) is 15.9 Å². The van der Waals surface area contributed by atoms with E-state index < -0.39 is 16.1 Å². The highest BCUT2D eigenvalue weighted by molar-refractivity contribution is 7.89. The number of nitrogens with one attached hydrogen (secondary N) is 1. The zero-order chi connectivity index (χ0) is 19.3. The molecule has 1 aliphatic rings. The number of carbonyl (C=O) groups excluding carboxylic acids is 1. The molecule has 1 heterocycles. The lowest BCUT2D eigenvalue weighted by Gasteiger charge is -2.25. The summed E-state index contributed by atoms with van der Waals surface area (Å²) in [6.45, 7) is 8.69. The summed E-state index contributed by atoms with van der Waals surface area (Å²) in [5, 5.41) is 3.01. The van der Waals surface area contributed by atoms with E-state index >= 15 is 0 Å². The van der Waals surface area contributed by atoms with Crippen LogP contribution in [-0.2, 0) is 14.8 Å². The lowest BCUT2D eigenvalue weighted by molar-refractivity contribution is -0.124. The minimum absolute atomic E-state index is 0.0609. The van der Waals surface area contributed by atoms with Gasteiger partial charge >= 0.3 is 0 Å². The van der Waals surface area contributed by atoms with Gasteiger partial charge in [-0.25, -0.2) is 8.42 Å². The van der Waals surface area contributed by atoms with Crippen LogP contribution in [0, 0.1) is 12.8 Å². The number of nitrogens with zero attached hydrogens (tertiary/aromatic N) is 1. The van der Waals surface area contributed by atoms with E-state index in [4.69, 9.17) is 0 Å². The first-order valence-electron chi connectivity index (χ1n) is 9.60. The predicted molar refractivity (Wildman–Crippen MR) is 104 cm³/mol. The highest BCUT2D eigenvalue weighted by atomic mass is 32.2. The number of sulfonamides is 1. The van der Waals surface area contributed by atoms with E-state index in [2.05, 4.69) is 19.2 Å². The molecule has 0 radical (unpaired) electrons. The molecular weight excluding hydrogens is 348 g/mol. The number of aryl methyl sites for hydroxylation is 1. The minimum atomic E-state index is -3.64. The first-order chi connectivity index (χ1) is 12.2. The lowest BCUT2D eigenvalue weighted by Crippen LogP contribution is -2.48. The number of hydrogen-bond donors (Lipinski definition) is 1. The molecule has 0 saturated carbocycles. The van der Waals surface area contributed by atoms with Crippen LogP contribution in [0.3, 0.4) is 0 Å². The van der Waals surface area contributed by atoms with Crippen LogP contribution >= 0.6 is 0 Å². The molecule has 1 saturated heterocycles. The van der Waals surface area contributed by atoms with Crippen molar-refractivity contribution in [2.45, 2.75) is 76.8 Å². The summed E-state index contributed by atoms with van der Waals surface area (Å²) >= 11 is 0. The summed E-state index contributed by atoms with van der Waals surface area (Å²) < 4.78 is 27.2. The van der Waals surface area contributed by atoms with Crippen molar-refractivity contribution in [3.05, 3.63) is 29.8 Å². The molecule has 2 rings (SSSR count). The highest BCUT2D eigenvalue weighted by Gasteiger charge is 2.39. The van der Waals surface area contributed by atoms with Crippen molar-refractivity contribution in [2.75, 3.05) is 6.54 Å². The second-order valence-corrected chi connectivity index (χ2v) is 9.71. The molecule has 1 N–H and O–H groups in total. The smallest absolute Gasteiger partial charge is 0.243 e. The summed E-state index contributed by atoms with van der Waals surface area (Å²) in [5.41, 5.74) is 1.01. The molecule has 1 amide bonds. The van der Waals surface area contributed by atoms with Crippen molar-refractivity contribution in [1.29, 1.82) is 0 Å². The van der Waals surface area contributed by atoms with Gasteiger partial charge in [-0.2, -0.15) is 4.31 Å².